The van der Waals surface area contributed by atoms with E-state index in [1.807, 2.05) is 24.3 Å². The zero-order chi connectivity index (χ0) is 20.7. The second kappa shape index (κ2) is 9.53. The molecule has 1 N–H and O–H groups in total. The second-order valence-electron chi connectivity index (χ2n) is 7.14. The number of nitrogens with one attached hydrogen (secondary N) is 1. The fraction of sp³-hybridized carbons (Fsp3) is 0.571. The molecule has 0 fully saturated rings. The first-order valence-corrected chi connectivity index (χ1v) is 9.35. The molecule has 6 heteroatoms. The van der Waals surface area contributed by atoms with Crippen LogP contribution in [0.2, 0.25) is 0 Å². The average Bonchev–Trinajstić information content (AvgIpc) is 2.61. The van der Waals surface area contributed by atoms with Gasteiger partial charge in [-0.2, -0.15) is 0 Å². The van der Waals surface area contributed by atoms with E-state index in [4.69, 9.17) is 9.47 Å². The minimum atomic E-state index is -1.90. The van der Waals surface area contributed by atoms with E-state index in [9.17, 15) is 14.4 Å². The molecule has 0 saturated carbocycles. The summed E-state index contributed by atoms with van der Waals surface area (Å²) >= 11 is 0. The van der Waals surface area contributed by atoms with Gasteiger partial charge in [0.2, 0.25) is 11.4 Å². The summed E-state index contributed by atoms with van der Waals surface area (Å²) in [5.41, 5.74) is 0.00138. The number of carbonyl (C=O) groups is 3. The Morgan fingerprint density at radius 2 is 1.41 bits per heavy atom. The van der Waals surface area contributed by atoms with Gasteiger partial charge < -0.3 is 14.8 Å². The topological polar surface area (TPSA) is 81.7 Å². The van der Waals surface area contributed by atoms with E-state index >= 15 is 0 Å². The van der Waals surface area contributed by atoms with E-state index in [1.54, 1.807) is 13.8 Å². The first-order chi connectivity index (χ1) is 12.6. The van der Waals surface area contributed by atoms with Gasteiger partial charge in [0.25, 0.3) is 0 Å². The molecule has 0 heterocycles. The summed E-state index contributed by atoms with van der Waals surface area (Å²) in [6.07, 6.45) is 0.935. The molecule has 0 aromatic heterocycles. The van der Waals surface area contributed by atoms with Crippen molar-refractivity contribution in [3.63, 3.8) is 0 Å². The third kappa shape index (κ3) is 5.55. The van der Waals surface area contributed by atoms with Crippen LogP contribution in [-0.2, 0) is 35.7 Å². The molecule has 27 heavy (non-hydrogen) atoms. The Kier molecular flexibility index (Phi) is 8.00. The van der Waals surface area contributed by atoms with Crippen molar-refractivity contribution in [3.8, 4) is 0 Å². The van der Waals surface area contributed by atoms with Crippen LogP contribution in [0.5, 0.6) is 0 Å². The van der Waals surface area contributed by atoms with Crippen LogP contribution in [0, 0.1) is 0 Å². The number of esters is 2. The molecular weight excluding hydrogens is 346 g/mol. The maximum Gasteiger partial charge on any atom is 0.344 e. The van der Waals surface area contributed by atoms with Crippen LogP contribution in [0.15, 0.2) is 24.3 Å². The van der Waals surface area contributed by atoms with Gasteiger partial charge in [-0.05, 0) is 36.8 Å². The van der Waals surface area contributed by atoms with E-state index in [1.165, 1.54) is 6.92 Å². The monoisotopic (exact) mass is 377 g/mol. The number of hydrogen-bond acceptors (Lipinski definition) is 5. The van der Waals surface area contributed by atoms with Gasteiger partial charge in [0, 0.05) is 13.3 Å². The lowest BCUT2D eigenvalue weighted by Crippen LogP contribution is -2.62. The first-order valence-electron chi connectivity index (χ1n) is 9.35. The Morgan fingerprint density at radius 3 is 1.78 bits per heavy atom. The summed E-state index contributed by atoms with van der Waals surface area (Å²) in [7, 11) is 0. The Hall–Kier alpha value is -2.37. The van der Waals surface area contributed by atoms with Crippen molar-refractivity contribution >= 4 is 17.8 Å². The van der Waals surface area contributed by atoms with Crippen molar-refractivity contribution < 1.29 is 23.9 Å². The molecule has 0 unspecified atom stereocenters. The van der Waals surface area contributed by atoms with Gasteiger partial charge in [0.05, 0.1) is 13.2 Å². The molecule has 0 radical (unpaired) electrons. The number of rotatable bonds is 9. The highest BCUT2D eigenvalue weighted by molar-refractivity contribution is 6.08. The molecule has 0 bridgehead atoms. The van der Waals surface area contributed by atoms with E-state index in [0.717, 1.165) is 17.5 Å². The van der Waals surface area contributed by atoms with Crippen LogP contribution in [0.3, 0.4) is 0 Å². The second-order valence-corrected chi connectivity index (χ2v) is 7.14. The molecule has 1 aromatic carbocycles. The Morgan fingerprint density at radius 1 is 0.926 bits per heavy atom. The van der Waals surface area contributed by atoms with E-state index in [2.05, 4.69) is 26.1 Å². The van der Waals surface area contributed by atoms with Crippen molar-refractivity contribution in [3.05, 3.63) is 35.4 Å². The molecule has 0 aliphatic carbocycles. The van der Waals surface area contributed by atoms with Gasteiger partial charge in [-0.15, -0.1) is 0 Å². The number of benzene rings is 1. The summed E-state index contributed by atoms with van der Waals surface area (Å²) in [4.78, 5) is 37.1. The molecule has 0 saturated heterocycles. The van der Waals surface area contributed by atoms with Gasteiger partial charge >= 0.3 is 11.9 Å². The van der Waals surface area contributed by atoms with Gasteiger partial charge in [0.15, 0.2) is 0 Å². The highest BCUT2D eigenvalue weighted by Gasteiger charge is 2.50. The molecule has 1 aromatic rings. The average molecular weight is 377 g/mol. The lowest BCUT2D eigenvalue weighted by molar-refractivity contribution is -0.168. The summed E-state index contributed by atoms with van der Waals surface area (Å²) in [6.45, 7) is 11.1. The zero-order valence-electron chi connectivity index (χ0n) is 17.2. The van der Waals surface area contributed by atoms with Crippen LogP contribution in [0.25, 0.3) is 0 Å². The summed E-state index contributed by atoms with van der Waals surface area (Å²) in [6, 6.07) is 7.69. The number of hydrogen-bond donors (Lipinski definition) is 1. The smallest absolute Gasteiger partial charge is 0.344 e. The van der Waals surface area contributed by atoms with E-state index in [0.29, 0.717) is 0 Å². The Balaban J connectivity index is 3.31. The molecule has 1 amide bonds. The molecule has 1 rings (SSSR count). The SMILES string of the molecule is CCOC(=O)C(Cc1ccc(C(C)(C)CC)cc1)(NC(C)=O)C(=O)OCC. The van der Waals surface area contributed by atoms with E-state index < -0.39 is 23.4 Å². The minimum Gasteiger partial charge on any atom is -0.464 e. The third-order valence-corrected chi connectivity index (χ3v) is 4.73. The first kappa shape index (κ1) is 22.7. The van der Waals surface area contributed by atoms with Crippen molar-refractivity contribution in [2.24, 2.45) is 0 Å². The summed E-state index contributed by atoms with van der Waals surface area (Å²) in [5, 5.41) is 2.48. The fourth-order valence-electron chi connectivity index (χ4n) is 2.77. The number of amides is 1. The maximum absolute atomic E-state index is 12.7. The minimum absolute atomic E-state index is 0.0233. The lowest BCUT2D eigenvalue weighted by Gasteiger charge is -2.30. The van der Waals surface area contributed by atoms with Crippen LogP contribution < -0.4 is 5.32 Å². The Labute approximate surface area is 161 Å². The quantitative estimate of drug-likeness (QED) is 0.529. The molecule has 0 aliphatic rings. The lowest BCUT2D eigenvalue weighted by atomic mass is 9.81. The highest BCUT2D eigenvalue weighted by Crippen LogP contribution is 2.28. The fourth-order valence-corrected chi connectivity index (χ4v) is 2.77. The molecule has 0 spiro atoms. The molecule has 0 aliphatic heterocycles. The van der Waals surface area contributed by atoms with Gasteiger partial charge in [-0.25, -0.2) is 9.59 Å². The highest BCUT2D eigenvalue weighted by atomic mass is 16.6. The van der Waals surface area contributed by atoms with Gasteiger partial charge in [0.1, 0.15) is 0 Å². The van der Waals surface area contributed by atoms with Crippen molar-refractivity contribution in [1.82, 2.24) is 5.32 Å². The molecule has 0 atom stereocenters. The van der Waals surface area contributed by atoms with Crippen LogP contribution in [0.1, 0.15) is 59.1 Å². The van der Waals surface area contributed by atoms with Crippen molar-refractivity contribution in [2.45, 2.75) is 65.3 Å². The van der Waals surface area contributed by atoms with Crippen LogP contribution >= 0.6 is 0 Å². The van der Waals surface area contributed by atoms with Gasteiger partial charge in [-0.1, -0.05) is 45.0 Å². The standard InChI is InChI=1S/C21H31NO5/c1-7-20(5,6)17-12-10-16(11-13-17)14-21(22-15(4)23,18(24)26-8-2)19(25)27-9-3/h10-13H,7-9,14H2,1-6H3,(H,22,23). The molecule has 150 valence electrons. The summed E-state index contributed by atoms with van der Waals surface area (Å²) < 4.78 is 10.2. The van der Waals surface area contributed by atoms with Gasteiger partial charge in [-0.3, -0.25) is 4.79 Å². The predicted octanol–water partition coefficient (Wildman–Crippen LogP) is 2.92. The molecule has 6 nitrogen and oxygen atoms in total. The van der Waals surface area contributed by atoms with Crippen LogP contribution in [-0.4, -0.2) is 36.6 Å². The maximum atomic E-state index is 12.7. The molecular formula is C21H31NO5. The van der Waals surface area contributed by atoms with E-state index in [-0.39, 0.29) is 25.0 Å². The van der Waals surface area contributed by atoms with Crippen molar-refractivity contribution in [1.29, 1.82) is 0 Å². The van der Waals surface area contributed by atoms with Crippen molar-refractivity contribution in [2.75, 3.05) is 13.2 Å². The normalized spacial score (nSPS) is 11.6. The summed E-state index contributed by atoms with van der Waals surface area (Å²) in [5.74, 6) is -2.16. The largest absolute Gasteiger partial charge is 0.464 e. The number of ether oxygens (including phenoxy) is 2. The third-order valence-electron chi connectivity index (χ3n) is 4.73. The Bertz CT molecular complexity index is 646. The van der Waals surface area contributed by atoms with Crippen LogP contribution in [0.4, 0.5) is 0 Å². The predicted molar refractivity (Wildman–Crippen MR) is 103 cm³/mol. The number of carbonyl (C=O) groups excluding carboxylic acids is 3. The zero-order valence-corrected chi connectivity index (χ0v) is 17.2.